The first-order valence-corrected chi connectivity index (χ1v) is 6.45. The molecule has 2 aliphatic rings. The molecule has 92 valence electrons. The van der Waals surface area contributed by atoms with Crippen LogP contribution < -0.4 is 4.90 Å². The summed E-state index contributed by atoms with van der Waals surface area (Å²) in [5.41, 5.74) is 0.650. The Kier molecular flexibility index (Phi) is 2.74. The lowest BCUT2D eigenvalue weighted by atomic mass is 9.85. The Bertz CT molecular complexity index is 509. The lowest BCUT2D eigenvalue weighted by Crippen LogP contribution is -2.30. The van der Waals surface area contributed by atoms with E-state index >= 15 is 0 Å². The molecule has 18 heavy (non-hydrogen) atoms. The largest absolute Gasteiger partial charge is 0.274 e. The van der Waals surface area contributed by atoms with Crippen molar-refractivity contribution in [3.63, 3.8) is 0 Å². The molecule has 1 aromatic carbocycles. The molecule has 3 nitrogen and oxygen atoms in total. The van der Waals surface area contributed by atoms with E-state index in [0.29, 0.717) is 18.5 Å². The SMILES string of the molecule is O=C1[C@H]2CC=CC[C@@H]2C(=O)N1c1ccc(S)cc1. The van der Waals surface area contributed by atoms with Crippen molar-refractivity contribution in [1.29, 1.82) is 0 Å². The Morgan fingerprint density at radius 1 is 0.944 bits per heavy atom. The number of allylic oxidation sites excluding steroid dienone is 2. The molecule has 2 amide bonds. The second-order valence-corrected chi connectivity index (χ2v) is 5.20. The quantitative estimate of drug-likeness (QED) is 0.478. The van der Waals surface area contributed by atoms with Crippen molar-refractivity contribution in [3.8, 4) is 0 Å². The first-order chi connectivity index (χ1) is 8.68. The van der Waals surface area contributed by atoms with Gasteiger partial charge >= 0.3 is 0 Å². The standard InChI is InChI=1S/C14H13NO2S/c16-13-11-3-1-2-4-12(11)14(17)15(13)9-5-7-10(18)8-6-9/h1-2,5-8,11-12,18H,3-4H2/t11-,12-/m0/s1. The molecular weight excluding hydrogens is 246 g/mol. The minimum Gasteiger partial charge on any atom is -0.274 e. The van der Waals surface area contributed by atoms with Crippen LogP contribution in [0.4, 0.5) is 5.69 Å². The summed E-state index contributed by atoms with van der Waals surface area (Å²) in [7, 11) is 0. The first-order valence-electron chi connectivity index (χ1n) is 6.00. The highest BCUT2D eigenvalue weighted by Gasteiger charge is 2.47. The number of amides is 2. The molecule has 1 saturated heterocycles. The zero-order valence-corrected chi connectivity index (χ0v) is 10.6. The van der Waals surface area contributed by atoms with Crippen LogP contribution in [0.25, 0.3) is 0 Å². The van der Waals surface area contributed by atoms with Crippen molar-refractivity contribution in [1.82, 2.24) is 0 Å². The monoisotopic (exact) mass is 259 g/mol. The average molecular weight is 259 g/mol. The van der Waals surface area contributed by atoms with E-state index in [1.165, 1.54) is 4.90 Å². The van der Waals surface area contributed by atoms with Crippen molar-refractivity contribution < 1.29 is 9.59 Å². The van der Waals surface area contributed by atoms with Crippen LogP contribution in [0.3, 0.4) is 0 Å². The molecule has 1 aromatic rings. The van der Waals surface area contributed by atoms with Crippen LogP contribution >= 0.6 is 12.6 Å². The maximum absolute atomic E-state index is 12.3. The molecule has 3 rings (SSSR count). The molecule has 0 saturated carbocycles. The minimum absolute atomic E-state index is 0.0683. The van der Waals surface area contributed by atoms with Gasteiger partial charge in [0, 0.05) is 4.90 Å². The number of carbonyl (C=O) groups excluding carboxylic acids is 2. The molecule has 0 spiro atoms. The van der Waals surface area contributed by atoms with E-state index in [4.69, 9.17) is 0 Å². The number of benzene rings is 1. The molecule has 2 atom stereocenters. The number of anilines is 1. The topological polar surface area (TPSA) is 37.4 Å². The van der Waals surface area contributed by atoms with Gasteiger partial charge in [-0.3, -0.25) is 14.5 Å². The predicted octanol–water partition coefficient (Wildman–Crippen LogP) is 2.43. The molecule has 1 aliphatic carbocycles. The molecule has 0 N–H and O–H groups in total. The normalized spacial score (nSPS) is 26.6. The second-order valence-electron chi connectivity index (χ2n) is 4.68. The van der Waals surface area contributed by atoms with Crippen LogP contribution in [0.1, 0.15) is 12.8 Å². The summed E-state index contributed by atoms with van der Waals surface area (Å²) >= 11 is 4.20. The van der Waals surface area contributed by atoms with E-state index in [0.717, 1.165) is 4.90 Å². The number of thiol groups is 1. The van der Waals surface area contributed by atoms with E-state index in [2.05, 4.69) is 12.6 Å². The summed E-state index contributed by atoms with van der Waals surface area (Å²) in [6.45, 7) is 0. The van der Waals surface area contributed by atoms with Crippen molar-refractivity contribution in [2.75, 3.05) is 4.90 Å². The first kappa shape index (κ1) is 11.5. The molecule has 0 aromatic heterocycles. The van der Waals surface area contributed by atoms with Gasteiger partial charge in [0.25, 0.3) is 0 Å². The third-order valence-corrected chi connectivity index (χ3v) is 3.91. The van der Waals surface area contributed by atoms with Gasteiger partial charge in [0.05, 0.1) is 17.5 Å². The highest BCUT2D eigenvalue weighted by atomic mass is 32.1. The number of rotatable bonds is 1. The minimum atomic E-state index is -0.168. The van der Waals surface area contributed by atoms with Gasteiger partial charge in [0.1, 0.15) is 0 Å². The summed E-state index contributed by atoms with van der Waals surface area (Å²) in [6.07, 6.45) is 5.34. The molecule has 4 heteroatoms. The molecule has 1 aliphatic heterocycles. The molecule has 1 heterocycles. The number of imide groups is 1. The summed E-state index contributed by atoms with van der Waals surface area (Å²) in [5.74, 6) is -0.473. The van der Waals surface area contributed by atoms with Crippen molar-refractivity contribution in [2.24, 2.45) is 11.8 Å². The highest BCUT2D eigenvalue weighted by molar-refractivity contribution is 7.80. The van der Waals surface area contributed by atoms with Crippen LogP contribution in [0.15, 0.2) is 41.3 Å². The zero-order chi connectivity index (χ0) is 12.7. The maximum Gasteiger partial charge on any atom is 0.238 e. The Hall–Kier alpha value is -1.55. The summed E-state index contributed by atoms with van der Waals surface area (Å²) < 4.78 is 0. The fourth-order valence-electron chi connectivity index (χ4n) is 2.66. The summed E-state index contributed by atoms with van der Waals surface area (Å²) in [4.78, 5) is 26.7. The number of nitrogens with zero attached hydrogens (tertiary/aromatic N) is 1. The molecular formula is C14H13NO2S. The van der Waals surface area contributed by atoms with E-state index in [1.54, 1.807) is 24.3 Å². The van der Waals surface area contributed by atoms with E-state index < -0.39 is 0 Å². The Balaban J connectivity index is 1.96. The van der Waals surface area contributed by atoms with Gasteiger partial charge in [0.15, 0.2) is 0 Å². The lowest BCUT2D eigenvalue weighted by molar-refractivity contribution is -0.122. The van der Waals surface area contributed by atoms with Gasteiger partial charge in [-0.25, -0.2) is 0 Å². The smallest absolute Gasteiger partial charge is 0.238 e. The van der Waals surface area contributed by atoms with Crippen LogP contribution in [0.5, 0.6) is 0 Å². The van der Waals surface area contributed by atoms with E-state index in [-0.39, 0.29) is 23.7 Å². The molecule has 0 unspecified atom stereocenters. The Morgan fingerprint density at radius 3 is 1.94 bits per heavy atom. The van der Waals surface area contributed by atoms with Crippen molar-refractivity contribution >= 4 is 30.1 Å². The summed E-state index contributed by atoms with van der Waals surface area (Å²) in [5, 5.41) is 0. The van der Waals surface area contributed by atoms with E-state index in [9.17, 15) is 9.59 Å². The van der Waals surface area contributed by atoms with Gasteiger partial charge in [0.2, 0.25) is 11.8 Å². The van der Waals surface area contributed by atoms with Gasteiger partial charge in [-0.1, -0.05) is 12.2 Å². The van der Waals surface area contributed by atoms with Gasteiger partial charge in [-0.05, 0) is 37.1 Å². The number of hydrogen-bond acceptors (Lipinski definition) is 3. The average Bonchev–Trinajstić information content (AvgIpc) is 2.64. The summed E-state index contributed by atoms with van der Waals surface area (Å²) in [6, 6.07) is 7.12. The van der Waals surface area contributed by atoms with Gasteiger partial charge in [-0.2, -0.15) is 0 Å². The maximum atomic E-state index is 12.3. The van der Waals surface area contributed by atoms with Gasteiger partial charge in [-0.15, -0.1) is 12.6 Å². The lowest BCUT2D eigenvalue weighted by Gasteiger charge is -2.14. The number of fused-ring (bicyclic) bond motifs is 1. The van der Waals surface area contributed by atoms with Crippen LogP contribution in [-0.2, 0) is 9.59 Å². The Morgan fingerprint density at radius 2 is 1.44 bits per heavy atom. The second kappa shape index (κ2) is 4.28. The van der Waals surface area contributed by atoms with Crippen LogP contribution in [-0.4, -0.2) is 11.8 Å². The Labute approximate surface area is 111 Å². The fourth-order valence-corrected chi connectivity index (χ4v) is 2.81. The zero-order valence-electron chi connectivity index (χ0n) is 9.74. The van der Waals surface area contributed by atoms with Crippen LogP contribution in [0, 0.1) is 11.8 Å². The van der Waals surface area contributed by atoms with E-state index in [1.807, 2.05) is 12.2 Å². The third-order valence-electron chi connectivity index (χ3n) is 3.62. The number of carbonyl (C=O) groups is 2. The highest BCUT2D eigenvalue weighted by Crippen LogP contribution is 2.37. The van der Waals surface area contributed by atoms with Crippen molar-refractivity contribution in [3.05, 3.63) is 36.4 Å². The van der Waals surface area contributed by atoms with Crippen LogP contribution in [0.2, 0.25) is 0 Å². The molecule has 0 radical (unpaired) electrons. The molecule has 1 fully saturated rings. The molecule has 0 bridgehead atoms. The third kappa shape index (κ3) is 1.68. The van der Waals surface area contributed by atoms with Gasteiger partial charge < -0.3 is 0 Å². The van der Waals surface area contributed by atoms with Crippen molar-refractivity contribution in [2.45, 2.75) is 17.7 Å². The predicted molar refractivity (Wildman–Crippen MR) is 71.5 cm³/mol. The number of hydrogen-bond donors (Lipinski definition) is 1. The fraction of sp³-hybridized carbons (Fsp3) is 0.286.